The number of hydrogen-bond donors (Lipinski definition) is 2. The Morgan fingerprint density at radius 1 is 0.520 bits per heavy atom. The van der Waals surface area contributed by atoms with Crippen LogP contribution in [0.3, 0.4) is 0 Å². The molecule has 16 nitrogen and oxygen atoms in total. The highest BCUT2D eigenvalue weighted by Crippen LogP contribution is 2.39. The fraction of sp³-hybridized carbons (Fsp3) is 0.564. The molecule has 0 spiro atoms. The summed E-state index contributed by atoms with van der Waals surface area (Å²) in [6.07, 6.45) is 0. The zero-order valence-corrected chi connectivity index (χ0v) is 48.5. The summed E-state index contributed by atoms with van der Waals surface area (Å²) >= 11 is 3.51. The van der Waals surface area contributed by atoms with E-state index in [-0.39, 0.29) is 33.6 Å². The standard InChI is InChI=1S/C24H33BO7.C18H21BrO5.C6H12B2O2.C6H14O2.CH4.H2/c1-8-28-16-29-15-17-13-18(30-19-10-12-21(26-6)22(14-19)27-7)9-11-20(17)25-31-23(2,3)24(4,5)32-25;1-4-22-12-23-11-13-9-14(5-7-16(13)19)24-15-6-8-17(20-2)18(10-15)21-3;1-5(2)6(3,4)10-8(7)9-5;1-5(2,7)6(3,4)8;;/h9-14H,8,15-16H2,1-7H3;5-10H,4,11-12H2,1-3H3;1-4H3;7-8H,1-4H3;1H4;1H/i;;;;;1+1. The molecular weight excluding hydrogens is 1030 g/mol. The molecule has 2 aliphatic rings. The van der Waals surface area contributed by atoms with Crippen molar-refractivity contribution >= 4 is 43.3 Å². The number of benzene rings is 4. The van der Waals surface area contributed by atoms with Crippen LogP contribution in [-0.4, -0.2) is 121 Å². The number of ether oxygens (including phenoxy) is 10. The quantitative estimate of drug-likeness (QED) is 0.0486. The molecule has 2 N–H and O–H groups in total. The maximum absolute atomic E-state index is 9.10. The van der Waals surface area contributed by atoms with Crippen molar-refractivity contribution in [2.75, 3.05) is 55.2 Å². The van der Waals surface area contributed by atoms with Crippen molar-refractivity contribution in [3.8, 4) is 46.0 Å². The van der Waals surface area contributed by atoms with E-state index in [1.54, 1.807) is 80.4 Å². The summed E-state index contributed by atoms with van der Waals surface area (Å²) in [6, 6.07) is 22.3. The number of halogens is 1. The van der Waals surface area contributed by atoms with Crippen LogP contribution >= 0.6 is 15.9 Å². The lowest BCUT2D eigenvalue weighted by atomic mass is 9.63. The first-order valence-corrected chi connectivity index (χ1v) is 25.2. The molecule has 0 bridgehead atoms. The number of hydrogen-bond acceptors (Lipinski definition) is 16. The minimum Gasteiger partial charge on any atom is -0.493 e. The van der Waals surface area contributed by atoms with Crippen LogP contribution in [0.25, 0.3) is 0 Å². The van der Waals surface area contributed by atoms with Gasteiger partial charge < -0.3 is 76.2 Å². The summed E-state index contributed by atoms with van der Waals surface area (Å²) in [7, 11) is 10.8. The Balaban J connectivity index is 0.000000573. The average molecular weight is 1120 g/mol. The molecule has 0 amide bonds. The van der Waals surface area contributed by atoms with Gasteiger partial charge in [0.25, 0.3) is 0 Å². The highest BCUT2D eigenvalue weighted by atomic mass is 79.9. The van der Waals surface area contributed by atoms with E-state index in [1.807, 2.05) is 118 Å². The lowest BCUT2D eigenvalue weighted by Crippen LogP contribution is -2.44. The topological polar surface area (TPSA) is 170 Å². The number of methoxy groups -OCH3 is 4. The van der Waals surface area contributed by atoms with Crippen LogP contribution in [0.2, 0.25) is 0 Å². The van der Waals surface area contributed by atoms with Gasteiger partial charge in [-0.1, -0.05) is 29.4 Å². The molecule has 2 heterocycles. The zero-order chi connectivity index (χ0) is 55.7. The van der Waals surface area contributed by atoms with Crippen molar-refractivity contribution in [3.63, 3.8) is 0 Å². The Hall–Kier alpha value is -4.05. The van der Waals surface area contributed by atoms with E-state index in [2.05, 4.69) is 15.9 Å². The van der Waals surface area contributed by atoms with Gasteiger partial charge in [0, 0.05) is 31.2 Å². The van der Waals surface area contributed by atoms with Gasteiger partial charge >= 0.3 is 14.1 Å². The monoisotopic (exact) mass is 1120 g/mol. The molecule has 2 fully saturated rings. The molecule has 0 saturated carbocycles. The maximum Gasteiger partial charge on any atom is 0.495 e. The molecule has 0 aromatic heterocycles. The molecule has 418 valence electrons. The normalized spacial score (nSPS) is 15.9. The van der Waals surface area contributed by atoms with E-state index in [0.717, 1.165) is 21.1 Å². The summed E-state index contributed by atoms with van der Waals surface area (Å²) < 4.78 is 78.9. The third-order valence-corrected chi connectivity index (χ3v) is 13.6. The van der Waals surface area contributed by atoms with Gasteiger partial charge in [-0.05, 0) is 168 Å². The Morgan fingerprint density at radius 3 is 1.23 bits per heavy atom. The van der Waals surface area contributed by atoms with Crippen LogP contribution in [0.15, 0.2) is 77.3 Å². The summed E-state index contributed by atoms with van der Waals surface area (Å²) in [4.78, 5) is 0. The highest BCUT2D eigenvalue weighted by Gasteiger charge is 2.52. The van der Waals surface area contributed by atoms with Gasteiger partial charge in [0.2, 0.25) is 0 Å². The molecule has 75 heavy (non-hydrogen) atoms. The predicted molar refractivity (Wildman–Crippen MR) is 301 cm³/mol. The molecule has 4 aromatic rings. The third-order valence-electron chi connectivity index (χ3n) is 12.8. The molecule has 20 heteroatoms. The Kier molecular flexibility index (Phi) is 26.5. The second-order valence-corrected chi connectivity index (χ2v) is 21.0. The molecule has 2 aliphatic heterocycles. The Labute approximate surface area is 459 Å². The largest absolute Gasteiger partial charge is 0.495 e. The molecular formula is C55H86B3BrO16. The second kappa shape index (κ2) is 29.6. The Bertz CT molecular complexity index is 2300. The predicted octanol–water partition coefficient (Wildman–Crippen LogP) is 11.2. The van der Waals surface area contributed by atoms with E-state index in [4.69, 9.17) is 83.9 Å². The molecule has 2 saturated heterocycles. The van der Waals surface area contributed by atoms with Crippen LogP contribution in [-0.2, 0) is 50.8 Å². The fourth-order valence-electron chi connectivity index (χ4n) is 6.20. The van der Waals surface area contributed by atoms with Gasteiger partial charge in [0.15, 0.2) is 23.0 Å². The first-order chi connectivity index (χ1) is 34.5. The second-order valence-electron chi connectivity index (χ2n) is 20.1. The average Bonchev–Trinajstić information content (AvgIpc) is 3.66. The van der Waals surface area contributed by atoms with Crippen LogP contribution in [0, 0.1) is 0 Å². The molecule has 0 atom stereocenters. The van der Waals surface area contributed by atoms with Gasteiger partial charge in [-0.2, -0.15) is 0 Å². The summed E-state index contributed by atoms with van der Waals surface area (Å²) in [5, 5.41) is 18.2. The van der Waals surface area contributed by atoms with Crippen LogP contribution in [0.5, 0.6) is 46.0 Å². The zero-order valence-electron chi connectivity index (χ0n) is 46.9. The summed E-state index contributed by atoms with van der Waals surface area (Å²) in [5.41, 5.74) is -0.668. The van der Waals surface area contributed by atoms with Crippen LogP contribution < -0.4 is 33.9 Å². The van der Waals surface area contributed by atoms with Crippen molar-refractivity contribution in [2.45, 2.75) is 151 Å². The molecule has 0 unspecified atom stereocenters. The van der Waals surface area contributed by atoms with Crippen LogP contribution in [0.4, 0.5) is 0 Å². The van der Waals surface area contributed by atoms with Crippen molar-refractivity contribution in [1.82, 2.24) is 0 Å². The fourth-order valence-corrected chi connectivity index (χ4v) is 6.57. The van der Waals surface area contributed by atoms with Crippen LogP contribution in [0.1, 0.15) is 117 Å². The maximum atomic E-state index is 9.10. The van der Waals surface area contributed by atoms with E-state index < -0.39 is 36.5 Å². The van der Waals surface area contributed by atoms with Crippen molar-refractivity contribution in [1.29, 1.82) is 0 Å². The number of rotatable bonds is 20. The minimum atomic E-state index is -1.01. The lowest BCUT2D eigenvalue weighted by molar-refractivity contribution is -0.107. The molecule has 6 rings (SSSR count). The molecule has 0 aliphatic carbocycles. The van der Waals surface area contributed by atoms with Gasteiger partial charge in [0.05, 0.1) is 75.3 Å². The van der Waals surface area contributed by atoms with Crippen molar-refractivity contribution < 1.29 is 77.6 Å². The Morgan fingerprint density at radius 2 is 0.867 bits per heavy atom. The van der Waals surface area contributed by atoms with Gasteiger partial charge in [0.1, 0.15) is 44.3 Å². The van der Waals surface area contributed by atoms with Crippen molar-refractivity contribution in [2.24, 2.45) is 0 Å². The van der Waals surface area contributed by atoms with Gasteiger partial charge in [-0.3, -0.25) is 0 Å². The first kappa shape index (κ1) is 67.1. The number of aliphatic hydroxyl groups is 2. The van der Waals surface area contributed by atoms with E-state index in [0.29, 0.717) is 72.4 Å². The smallest absolute Gasteiger partial charge is 0.493 e. The highest BCUT2D eigenvalue weighted by molar-refractivity contribution is 9.10. The van der Waals surface area contributed by atoms with Gasteiger partial charge in [-0.15, -0.1) is 0 Å². The minimum absolute atomic E-state index is 0. The molecule has 2 radical (unpaired) electrons. The van der Waals surface area contributed by atoms with E-state index >= 15 is 0 Å². The SMILES string of the molecule is C.CC(C)(O)C(C)(C)O.CCOCOCc1cc(Oc2ccc(OC)c(OC)c2)ccc1B1OC(C)(C)C(C)(C)O1.CCOCOCc1cc(Oc2ccc(OC)c(OC)c2)ccc1Br.[2HH].[B]B1OC(C)(C)C(C)(C)O1. The molecule has 4 aromatic carbocycles. The van der Waals surface area contributed by atoms with E-state index in [9.17, 15) is 0 Å². The summed E-state index contributed by atoms with van der Waals surface area (Å²) in [6.45, 7) is 28.7. The third kappa shape index (κ3) is 20.0. The first-order valence-electron chi connectivity index (χ1n) is 24.4. The van der Waals surface area contributed by atoms with Crippen molar-refractivity contribution in [3.05, 3.63) is 88.4 Å². The van der Waals surface area contributed by atoms with E-state index in [1.165, 1.54) is 0 Å². The lowest BCUT2D eigenvalue weighted by Gasteiger charge is -2.32. The summed E-state index contributed by atoms with van der Waals surface area (Å²) in [5.74, 6) is 5.18. The van der Waals surface area contributed by atoms with Gasteiger partial charge in [-0.25, -0.2) is 0 Å².